The van der Waals surface area contributed by atoms with Crippen molar-refractivity contribution in [3.63, 3.8) is 0 Å². The van der Waals surface area contributed by atoms with Gasteiger partial charge in [0.2, 0.25) is 10.0 Å². The van der Waals surface area contributed by atoms with E-state index in [1.54, 1.807) is 0 Å². The van der Waals surface area contributed by atoms with E-state index in [4.69, 9.17) is 0 Å². The first-order chi connectivity index (χ1) is 10.0. The van der Waals surface area contributed by atoms with Crippen molar-refractivity contribution in [2.75, 3.05) is 4.72 Å². The number of hydrogen-bond donors (Lipinski definition) is 1. The molecule has 0 radical (unpaired) electrons. The quantitative estimate of drug-likeness (QED) is 0.871. The molecule has 3 nitrogen and oxygen atoms in total. The SMILES string of the molecule is CCC(C)c1ccccc1NS(=O)(=O)Cc1ccccc1. The Kier molecular flexibility index (Phi) is 5.02. The molecule has 4 heteroatoms. The monoisotopic (exact) mass is 303 g/mol. The molecule has 21 heavy (non-hydrogen) atoms. The maximum atomic E-state index is 12.3. The lowest BCUT2D eigenvalue weighted by molar-refractivity contribution is 0.600. The summed E-state index contributed by atoms with van der Waals surface area (Å²) in [6.07, 6.45) is 0.970. The fourth-order valence-corrected chi connectivity index (χ4v) is 3.46. The van der Waals surface area contributed by atoms with Gasteiger partial charge in [-0.3, -0.25) is 4.72 Å². The Balaban J connectivity index is 2.21. The van der Waals surface area contributed by atoms with Gasteiger partial charge in [0.15, 0.2) is 0 Å². The molecule has 1 N–H and O–H groups in total. The lowest BCUT2D eigenvalue weighted by Crippen LogP contribution is -2.16. The van der Waals surface area contributed by atoms with Gasteiger partial charge in [-0.05, 0) is 29.5 Å². The largest absolute Gasteiger partial charge is 0.283 e. The van der Waals surface area contributed by atoms with Crippen molar-refractivity contribution < 1.29 is 8.42 Å². The number of rotatable bonds is 6. The number of benzene rings is 2. The smallest absolute Gasteiger partial charge is 0.236 e. The van der Waals surface area contributed by atoms with Gasteiger partial charge in [-0.2, -0.15) is 0 Å². The first kappa shape index (κ1) is 15.6. The van der Waals surface area contributed by atoms with Crippen molar-refractivity contribution in [3.05, 3.63) is 65.7 Å². The molecule has 0 fully saturated rings. The number of sulfonamides is 1. The highest BCUT2D eigenvalue weighted by atomic mass is 32.2. The summed E-state index contributed by atoms with van der Waals surface area (Å²) in [5.74, 6) is 0.309. The number of nitrogens with one attached hydrogen (secondary N) is 1. The normalized spacial score (nSPS) is 12.9. The van der Waals surface area contributed by atoms with E-state index in [1.165, 1.54) is 0 Å². The Morgan fingerprint density at radius 2 is 1.62 bits per heavy atom. The van der Waals surface area contributed by atoms with Crippen molar-refractivity contribution in [1.29, 1.82) is 0 Å². The molecule has 0 saturated heterocycles. The molecular weight excluding hydrogens is 282 g/mol. The average Bonchev–Trinajstić information content (AvgIpc) is 2.47. The zero-order chi connectivity index (χ0) is 15.3. The van der Waals surface area contributed by atoms with Crippen LogP contribution in [-0.2, 0) is 15.8 Å². The van der Waals surface area contributed by atoms with E-state index in [2.05, 4.69) is 18.6 Å². The minimum atomic E-state index is -3.40. The Bertz CT molecular complexity index is 681. The third-order valence-electron chi connectivity index (χ3n) is 3.57. The molecule has 0 aromatic heterocycles. The Labute approximate surface area is 127 Å². The van der Waals surface area contributed by atoms with Crippen LogP contribution in [0.15, 0.2) is 54.6 Å². The van der Waals surface area contributed by atoms with E-state index in [9.17, 15) is 8.42 Å². The van der Waals surface area contributed by atoms with Gasteiger partial charge in [-0.1, -0.05) is 62.4 Å². The minimum Gasteiger partial charge on any atom is -0.283 e. The number of hydrogen-bond acceptors (Lipinski definition) is 2. The second-order valence-corrected chi connectivity index (χ2v) is 6.97. The van der Waals surface area contributed by atoms with Crippen LogP contribution in [0.5, 0.6) is 0 Å². The minimum absolute atomic E-state index is 0.0112. The zero-order valence-electron chi connectivity index (χ0n) is 12.4. The first-order valence-corrected chi connectivity index (χ1v) is 8.80. The highest BCUT2D eigenvalue weighted by molar-refractivity contribution is 7.91. The lowest BCUT2D eigenvalue weighted by Gasteiger charge is -2.16. The van der Waals surface area contributed by atoms with E-state index in [1.807, 2.05) is 54.6 Å². The average molecular weight is 303 g/mol. The molecule has 0 saturated carbocycles. The van der Waals surface area contributed by atoms with Gasteiger partial charge < -0.3 is 0 Å². The van der Waals surface area contributed by atoms with Gasteiger partial charge in [-0.15, -0.1) is 0 Å². The van der Waals surface area contributed by atoms with Crippen LogP contribution in [0.3, 0.4) is 0 Å². The summed E-state index contributed by atoms with van der Waals surface area (Å²) in [7, 11) is -3.40. The predicted octanol–water partition coefficient (Wildman–Crippen LogP) is 4.14. The van der Waals surface area contributed by atoms with Crippen molar-refractivity contribution in [2.24, 2.45) is 0 Å². The molecular formula is C17H21NO2S. The molecule has 0 heterocycles. The van der Waals surface area contributed by atoms with Crippen LogP contribution in [0.25, 0.3) is 0 Å². The van der Waals surface area contributed by atoms with E-state index in [0.717, 1.165) is 17.5 Å². The van der Waals surface area contributed by atoms with Gasteiger partial charge >= 0.3 is 0 Å². The Hall–Kier alpha value is -1.81. The molecule has 2 rings (SSSR count). The number of para-hydroxylation sites is 1. The van der Waals surface area contributed by atoms with Crippen molar-refractivity contribution in [2.45, 2.75) is 31.9 Å². The van der Waals surface area contributed by atoms with E-state index in [0.29, 0.717) is 11.6 Å². The third-order valence-corrected chi connectivity index (χ3v) is 4.81. The van der Waals surface area contributed by atoms with Crippen LogP contribution in [0.1, 0.15) is 37.3 Å². The van der Waals surface area contributed by atoms with Crippen molar-refractivity contribution in [3.8, 4) is 0 Å². The fourth-order valence-electron chi connectivity index (χ4n) is 2.24. The molecule has 0 bridgehead atoms. The molecule has 0 spiro atoms. The van der Waals surface area contributed by atoms with E-state index in [-0.39, 0.29) is 5.75 Å². The highest BCUT2D eigenvalue weighted by Crippen LogP contribution is 2.27. The summed E-state index contributed by atoms with van der Waals surface area (Å²) in [5.41, 5.74) is 2.51. The second kappa shape index (κ2) is 6.76. The van der Waals surface area contributed by atoms with Crippen LogP contribution >= 0.6 is 0 Å². The molecule has 1 unspecified atom stereocenters. The van der Waals surface area contributed by atoms with Crippen LogP contribution in [-0.4, -0.2) is 8.42 Å². The van der Waals surface area contributed by atoms with Gasteiger partial charge in [0, 0.05) is 0 Å². The third kappa shape index (κ3) is 4.33. The van der Waals surface area contributed by atoms with E-state index >= 15 is 0 Å². The summed E-state index contributed by atoms with van der Waals surface area (Å²) in [5, 5.41) is 0. The standard InChI is InChI=1S/C17H21NO2S/c1-3-14(2)16-11-7-8-12-17(16)18-21(19,20)13-15-9-5-4-6-10-15/h4-12,14,18H,3,13H2,1-2H3. The van der Waals surface area contributed by atoms with Crippen LogP contribution in [0, 0.1) is 0 Å². The van der Waals surface area contributed by atoms with Crippen molar-refractivity contribution in [1.82, 2.24) is 0 Å². The summed E-state index contributed by atoms with van der Waals surface area (Å²) in [6, 6.07) is 16.8. The fraction of sp³-hybridized carbons (Fsp3) is 0.294. The Morgan fingerprint density at radius 1 is 1.00 bits per heavy atom. The van der Waals surface area contributed by atoms with Crippen LogP contribution < -0.4 is 4.72 Å². The van der Waals surface area contributed by atoms with Gasteiger partial charge in [0.1, 0.15) is 0 Å². The maximum absolute atomic E-state index is 12.3. The molecule has 0 aliphatic heterocycles. The molecule has 112 valence electrons. The lowest BCUT2D eigenvalue weighted by atomic mass is 9.97. The van der Waals surface area contributed by atoms with Gasteiger partial charge in [-0.25, -0.2) is 8.42 Å². The maximum Gasteiger partial charge on any atom is 0.236 e. The summed E-state index contributed by atoms with van der Waals surface area (Å²) in [6.45, 7) is 4.20. The first-order valence-electron chi connectivity index (χ1n) is 7.15. The predicted molar refractivity (Wildman–Crippen MR) is 87.8 cm³/mol. The molecule has 2 aromatic carbocycles. The van der Waals surface area contributed by atoms with Crippen LogP contribution in [0.2, 0.25) is 0 Å². The Morgan fingerprint density at radius 3 is 2.29 bits per heavy atom. The summed E-state index contributed by atoms with van der Waals surface area (Å²) >= 11 is 0. The molecule has 0 aliphatic rings. The summed E-state index contributed by atoms with van der Waals surface area (Å²) < 4.78 is 27.4. The zero-order valence-corrected chi connectivity index (χ0v) is 13.2. The second-order valence-electron chi connectivity index (χ2n) is 5.24. The number of anilines is 1. The van der Waals surface area contributed by atoms with Gasteiger partial charge in [0.05, 0.1) is 11.4 Å². The van der Waals surface area contributed by atoms with Gasteiger partial charge in [0.25, 0.3) is 0 Å². The summed E-state index contributed by atoms with van der Waals surface area (Å²) in [4.78, 5) is 0. The molecule has 2 aromatic rings. The molecule has 1 atom stereocenters. The molecule has 0 aliphatic carbocycles. The molecule has 0 amide bonds. The van der Waals surface area contributed by atoms with Crippen LogP contribution in [0.4, 0.5) is 5.69 Å². The van der Waals surface area contributed by atoms with Crippen molar-refractivity contribution >= 4 is 15.7 Å². The highest BCUT2D eigenvalue weighted by Gasteiger charge is 2.15. The van der Waals surface area contributed by atoms with E-state index < -0.39 is 10.0 Å². The topological polar surface area (TPSA) is 46.2 Å².